The number of β-amino-alcohol motifs (C(OH)–C–C–N with tert-alkyl or cyclic N) is 1. The van der Waals surface area contributed by atoms with E-state index in [1.165, 1.54) is 16.7 Å². The van der Waals surface area contributed by atoms with Crippen molar-refractivity contribution in [3.8, 4) is 0 Å². The number of likely N-dealkylation sites (tertiary alicyclic amines) is 1. The fourth-order valence-electron chi connectivity index (χ4n) is 2.24. The highest BCUT2D eigenvalue weighted by molar-refractivity contribution is 5.30. The SMILES string of the molecule is Cc1ccc(C)c(CN2CC(C)(O)C2)c1. The third kappa shape index (κ3) is 2.39. The summed E-state index contributed by atoms with van der Waals surface area (Å²) in [6, 6.07) is 6.55. The van der Waals surface area contributed by atoms with E-state index in [4.69, 9.17) is 0 Å². The van der Waals surface area contributed by atoms with Gasteiger partial charge in [0.15, 0.2) is 0 Å². The number of hydrogen-bond acceptors (Lipinski definition) is 2. The van der Waals surface area contributed by atoms with Crippen LogP contribution in [0.2, 0.25) is 0 Å². The van der Waals surface area contributed by atoms with Crippen molar-refractivity contribution in [2.24, 2.45) is 0 Å². The van der Waals surface area contributed by atoms with Crippen LogP contribution in [0.4, 0.5) is 0 Å². The lowest BCUT2D eigenvalue weighted by Crippen LogP contribution is -2.59. The highest BCUT2D eigenvalue weighted by Gasteiger charge is 2.36. The predicted molar refractivity (Wildman–Crippen MR) is 61.8 cm³/mol. The molecule has 0 saturated carbocycles. The molecule has 0 bridgehead atoms. The Morgan fingerprint density at radius 1 is 1.33 bits per heavy atom. The largest absolute Gasteiger partial charge is 0.388 e. The molecule has 1 aromatic carbocycles. The number of aryl methyl sites for hydroxylation is 2. The van der Waals surface area contributed by atoms with Crippen LogP contribution in [0.3, 0.4) is 0 Å². The van der Waals surface area contributed by atoms with E-state index in [2.05, 4.69) is 36.9 Å². The van der Waals surface area contributed by atoms with Gasteiger partial charge in [-0.1, -0.05) is 23.8 Å². The second kappa shape index (κ2) is 3.62. The molecule has 0 aromatic heterocycles. The van der Waals surface area contributed by atoms with Gasteiger partial charge in [0.25, 0.3) is 0 Å². The first-order chi connectivity index (χ1) is 6.96. The van der Waals surface area contributed by atoms with Crippen LogP contribution in [0.25, 0.3) is 0 Å². The molecule has 2 heteroatoms. The van der Waals surface area contributed by atoms with Crippen LogP contribution in [0, 0.1) is 13.8 Å². The molecule has 2 rings (SSSR count). The van der Waals surface area contributed by atoms with Gasteiger partial charge in [-0.25, -0.2) is 0 Å². The highest BCUT2D eigenvalue weighted by Crippen LogP contribution is 2.23. The van der Waals surface area contributed by atoms with Crippen LogP contribution in [-0.4, -0.2) is 28.7 Å². The van der Waals surface area contributed by atoms with Crippen molar-refractivity contribution < 1.29 is 5.11 Å². The van der Waals surface area contributed by atoms with Gasteiger partial charge in [-0.2, -0.15) is 0 Å². The summed E-state index contributed by atoms with van der Waals surface area (Å²) in [5.41, 5.74) is 3.57. The minimum atomic E-state index is -0.461. The first kappa shape index (κ1) is 10.7. The quantitative estimate of drug-likeness (QED) is 0.796. The molecule has 0 amide bonds. The molecule has 1 N–H and O–H groups in total. The zero-order chi connectivity index (χ0) is 11.1. The number of nitrogens with zero attached hydrogens (tertiary/aromatic N) is 1. The van der Waals surface area contributed by atoms with Gasteiger partial charge >= 0.3 is 0 Å². The third-order valence-corrected chi connectivity index (χ3v) is 3.03. The minimum absolute atomic E-state index is 0.461. The van der Waals surface area contributed by atoms with Crippen LogP contribution in [0.15, 0.2) is 18.2 Å². The van der Waals surface area contributed by atoms with E-state index in [9.17, 15) is 5.11 Å². The molecule has 2 nitrogen and oxygen atoms in total. The molecular formula is C13H19NO. The first-order valence-corrected chi connectivity index (χ1v) is 5.47. The zero-order valence-electron chi connectivity index (χ0n) is 9.75. The van der Waals surface area contributed by atoms with E-state index < -0.39 is 5.60 Å². The third-order valence-electron chi connectivity index (χ3n) is 3.03. The molecule has 1 saturated heterocycles. The normalized spacial score (nSPS) is 20.0. The van der Waals surface area contributed by atoms with Crippen molar-refractivity contribution >= 4 is 0 Å². The lowest BCUT2D eigenvalue weighted by atomic mass is 9.95. The lowest BCUT2D eigenvalue weighted by molar-refractivity contribution is -0.0871. The van der Waals surface area contributed by atoms with E-state index in [0.29, 0.717) is 0 Å². The van der Waals surface area contributed by atoms with Crippen LogP contribution in [-0.2, 0) is 6.54 Å². The van der Waals surface area contributed by atoms with Gasteiger partial charge in [0.1, 0.15) is 0 Å². The van der Waals surface area contributed by atoms with Crippen molar-refractivity contribution in [3.63, 3.8) is 0 Å². The lowest BCUT2D eigenvalue weighted by Gasteiger charge is -2.44. The highest BCUT2D eigenvalue weighted by atomic mass is 16.3. The fourth-order valence-corrected chi connectivity index (χ4v) is 2.24. The summed E-state index contributed by atoms with van der Waals surface area (Å²) in [7, 11) is 0. The van der Waals surface area contributed by atoms with E-state index in [1.807, 2.05) is 6.92 Å². The van der Waals surface area contributed by atoms with Gasteiger partial charge in [0.05, 0.1) is 5.60 Å². The Balaban J connectivity index is 2.03. The number of rotatable bonds is 2. The van der Waals surface area contributed by atoms with Gasteiger partial charge in [-0.05, 0) is 31.9 Å². The minimum Gasteiger partial charge on any atom is -0.388 e. The summed E-state index contributed by atoms with van der Waals surface area (Å²) < 4.78 is 0. The number of aliphatic hydroxyl groups is 1. The van der Waals surface area contributed by atoms with E-state index in [1.54, 1.807) is 0 Å². The summed E-state index contributed by atoms with van der Waals surface area (Å²) in [4.78, 5) is 2.28. The molecule has 1 aromatic rings. The molecule has 1 aliphatic heterocycles. The maximum absolute atomic E-state index is 9.64. The zero-order valence-corrected chi connectivity index (χ0v) is 9.75. The van der Waals surface area contributed by atoms with Crippen LogP contribution in [0.1, 0.15) is 23.6 Å². The Bertz CT molecular complexity index is 363. The Morgan fingerprint density at radius 3 is 2.60 bits per heavy atom. The van der Waals surface area contributed by atoms with Crippen molar-refractivity contribution in [1.82, 2.24) is 4.90 Å². The topological polar surface area (TPSA) is 23.5 Å². The van der Waals surface area contributed by atoms with E-state index in [-0.39, 0.29) is 0 Å². The second-order valence-corrected chi connectivity index (χ2v) is 5.07. The monoisotopic (exact) mass is 205 g/mol. The van der Waals surface area contributed by atoms with Gasteiger partial charge < -0.3 is 5.11 Å². The van der Waals surface area contributed by atoms with E-state index >= 15 is 0 Å². The van der Waals surface area contributed by atoms with E-state index in [0.717, 1.165) is 19.6 Å². The molecule has 0 aliphatic carbocycles. The van der Waals surface area contributed by atoms with Crippen molar-refractivity contribution in [1.29, 1.82) is 0 Å². The van der Waals surface area contributed by atoms with Crippen molar-refractivity contribution in [2.45, 2.75) is 32.9 Å². The molecule has 82 valence electrons. The summed E-state index contributed by atoms with van der Waals surface area (Å²) in [6.07, 6.45) is 0. The van der Waals surface area contributed by atoms with Gasteiger partial charge in [0.2, 0.25) is 0 Å². The molecule has 0 atom stereocenters. The Labute approximate surface area is 91.5 Å². The second-order valence-electron chi connectivity index (χ2n) is 5.07. The smallest absolute Gasteiger partial charge is 0.0872 e. The predicted octanol–water partition coefficient (Wildman–Crippen LogP) is 1.87. The van der Waals surface area contributed by atoms with Crippen LogP contribution in [0.5, 0.6) is 0 Å². The van der Waals surface area contributed by atoms with Crippen LogP contribution >= 0.6 is 0 Å². The first-order valence-electron chi connectivity index (χ1n) is 5.47. The van der Waals surface area contributed by atoms with Crippen molar-refractivity contribution in [2.75, 3.05) is 13.1 Å². The summed E-state index contributed by atoms with van der Waals surface area (Å²) in [5.74, 6) is 0. The van der Waals surface area contributed by atoms with Crippen molar-refractivity contribution in [3.05, 3.63) is 34.9 Å². The molecule has 1 aliphatic rings. The Hall–Kier alpha value is -0.860. The maximum Gasteiger partial charge on any atom is 0.0872 e. The van der Waals surface area contributed by atoms with Crippen LogP contribution < -0.4 is 0 Å². The Morgan fingerprint density at radius 2 is 2.00 bits per heavy atom. The fraction of sp³-hybridized carbons (Fsp3) is 0.538. The average Bonchev–Trinajstić information content (AvgIpc) is 2.08. The van der Waals surface area contributed by atoms with Gasteiger partial charge in [0, 0.05) is 19.6 Å². The molecule has 15 heavy (non-hydrogen) atoms. The number of benzene rings is 1. The summed E-state index contributed by atoms with van der Waals surface area (Å²) >= 11 is 0. The summed E-state index contributed by atoms with van der Waals surface area (Å²) in [6.45, 7) is 8.71. The Kier molecular flexibility index (Phi) is 2.57. The maximum atomic E-state index is 9.64. The summed E-state index contributed by atoms with van der Waals surface area (Å²) in [5, 5.41) is 9.64. The van der Waals surface area contributed by atoms with Gasteiger partial charge in [-0.3, -0.25) is 4.90 Å². The molecule has 1 fully saturated rings. The molecular weight excluding hydrogens is 186 g/mol. The molecule has 0 radical (unpaired) electrons. The molecule has 0 unspecified atom stereocenters. The number of hydrogen-bond donors (Lipinski definition) is 1. The average molecular weight is 205 g/mol. The van der Waals surface area contributed by atoms with Gasteiger partial charge in [-0.15, -0.1) is 0 Å². The molecule has 0 spiro atoms. The molecule has 1 heterocycles. The standard InChI is InChI=1S/C13H19NO/c1-10-4-5-11(2)12(6-10)7-14-8-13(3,15)9-14/h4-6,15H,7-9H2,1-3H3.